The average Bonchev–Trinajstić information content (AvgIpc) is 3.87. The molecule has 2 aliphatic carbocycles. The van der Waals surface area contributed by atoms with Crippen LogP contribution in [0.2, 0.25) is 0 Å². The predicted octanol–water partition coefficient (Wildman–Crippen LogP) is 16.9. The van der Waals surface area contributed by atoms with Crippen LogP contribution in [0.4, 0.5) is 17.1 Å². The lowest BCUT2D eigenvalue weighted by Crippen LogP contribution is -2.27. The van der Waals surface area contributed by atoms with E-state index in [1.807, 2.05) is 12.1 Å². The van der Waals surface area contributed by atoms with E-state index in [-0.39, 0.29) is 0 Å². The van der Waals surface area contributed by atoms with Crippen molar-refractivity contribution < 1.29 is 4.42 Å². The van der Waals surface area contributed by atoms with E-state index < -0.39 is 5.41 Å². The molecule has 64 heavy (non-hydrogen) atoms. The Hall–Kier alpha value is -8.20. The zero-order chi connectivity index (χ0) is 42.6. The molecule has 9 aromatic carbocycles. The largest absolute Gasteiger partial charge is 0.456 e. The van der Waals surface area contributed by atoms with E-state index >= 15 is 0 Å². The third-order valence-electron chi connectivity index (χ3n) is 13.4. The topological polar surface area (TPSA) is 16.4 Å². The van der Waals surface area contributed by atoms with Crippen molar-refractivity contribution in [2.24, 2.45) is 0 Å². The summed E-state index contributed by atoms with van der Waals surface area (Å²) in [6.07, 6.45) is 9.61. The fourth-order valence-electron chi connectivity index (χ4n) is 10.4. The van der Waals surface area contributed by atoms with Gasteiger partial charge in [-0.3, -0.25) is 0 Å². The minimum Gasteiger partial charge on any atom is -0.456 e. The number of para-hydroxylation sites is 1. The van der Waals surface area contributed by atoms with E-state index in [1.54, 1.807) is 0 Å². The van der Waals surface area contributed by atoms with E-state index in [4.69, 9.17) is 4.42 Å². The minimum absolute atomic E-state index is 0.397. The van der Waals surface area contributed by atoms with E-state index in [9.17, 15) is 0 Å². The Labute approximate surface area is 374 Å². The van der Waals surface area contributed by atoms with Gasteiger partial charge in [0.1, 0.15) is 11.2 Å². The molecule has 12 rings (SSSR count). The van der Waals surface area contributed by atoms with Crippen LogP contribution in [0.25, 0.3) is 72.0 Å². The number of hydrogen-bond donors (Lipinski definition) is 0. The molecule has 1 heterocycles. The van der Waals surface area contributed by atoms with Gasteiger partial charge in [0.05, 0.1) is 5.41 Å². The average molecular weight is 818 g/mol. The Balaban J connectivity index is 0.968. The molecule has 1 spiro atoms. The first-order valence-electron chi connectivity index (χ1n) is 22.1. The molecule has 0 saturated heterocycles. The first-order chi connectivity index (χ1) is 31.6. The highest BCUT2D eigenvalue weighted by Crippen LogP contribution is 2.57. The molecule has 2 heteroatoms. The van der Waals surface area contributed by atoms with Gasteiger partial charge in [-0.25, -0.2) is 0 Å². The molecule has 1 unspecified atom stereocenters. The molecule has 0 fully saturated rings. The Morgan fingerprint density at radius 3 is 1.66 bits per heavy atom. The summed E-state index contributed by atoms with van der Waals surface area (Å²) in [4.78, 5) is 2.32. The quantitative estimate of drug-likeness (QED) is 0.172. The summed E-state index contributed by atoms with van der Waals surface area (Å²) in [6.45, 7) is 4.48. The highest BCUT2D eigenvalue weighted by molar-refractivity contribution is 6.06. The molecule has 302 valence electrons. The molecule has 2 aliphatic rings. The molecule has 0 saturated carbocycles. The van der Waals surface area contributed by atoms with Crippen LogP contribution < -0.4 is 4.90 Å². The number of allylic oxidation sites excluding steroid dienone is 5. The van der Waals surface area contributed by atoms with Crippen molar-refractivity contribution in [3.8, 4) is 44.5 Å². The highest BCUT2D eigenvalue weighted by Gasteiger charge is 2.45. The van der Waals surface area contributed by atoms with Crippen molar-refractivity contribution in [2.45, 2.75) is 11.8 Å². The van der Waals surface area contributed by atoms with Crippen LogP contribution in [0, 0.1) is 0 Å². The van der Waals surface area contributed by atoms with E-state index in [1.165, 1.54) is 55.6 Å². The molecule has 1 atom stereocenters. The summed E-state index contributed by atoms with van der Waals surface area (Å²) >= 11 is 0. The molecule has 0 bridgehead atoms. The highest BCUT2D eigenvalue weighted by atomic mass is 16.3. The number of rotatable bonds is 5. The molecule has 0 amide bonds. The number of benzene rings is 9. The van der Waals surface area contributed by atoms with Crippen LogP contribution in [-0.2, 0) is 5.41 Å². The molecule has 0 radical (unpaired) electrons. The Morgan fingerprint density at radius 2 is 0.922 bits per heavy atom. The fourth-order valence-corrected chi connectivity index (χ4v) is 10.4. The molecule has 1 aromatic heterocycles. The van der Waals surface area contributed by atoms with Crippen LogP contribution in [0.1, 0.15) is 28.7 Å². The van der Waals surface area contributed by atoms with Crippen molar-refractivity contribution in [2.75, 3.05) is 4.90 Å². The smallest absolute Gasteiger partial charge is 0.137 e. The van der Waals surface area contributed by atoms with Crippen LogP contribution in [0.15, 0.2) is 248 Å². The molecule has 10 aromatic rings. The Bertz CT molecular complexity index is 3480. The van der Waals surface area contributed by atoms with E-state index in [2.05, 4.69) is 236 Å². The number of anilines is 3. The third-order valence-corrected chi connectivity index (χ3v) is 13.4. The van der Waals surface area contributed by atoms with Crippen LogP contribution in [-0.4, -0.2) is 0 Å². The molecular formula is C62H43NO. The molecule has 0 N–H and O–H groups in total. The molecule has 0 aliphatic heterocycles. The van der Waals surface area contributed by atoms with E-state index in [0.717, 1.165) is 62.1 Å². The zero-order valence-electron chi connectivity index (χ0n) is 35.3. The number of fused-ring (bicyclic) bond motifs is 12. The number of nitrogens with zero attached hydrogens (tertiary/aromatic N) is 1. The van der Waals surface area contributed by atoms with Gasteiger partial charge in [0, 0.05) is 33.9 Å². The van der Waals surface area contributed by atoms with Gasteiger partial charge >= 0.3 is 0 Å². The van der Waals surface area contributed by atoms with Gasteiger partial charge in [0.2, 0.25) is 0 Å². The second-order valence-electron chi connectivity index (χ2n) is 16.9. The maximum atomic E-state index is 6.40. The second kappa shape index (κ2) is 15.3. The van der Waals surface area contributed by atoms with Crippen LogP contribution in [0.3, 0.4) is 0 Å². The third kappa shape index (κ3) is 6.10. The van der Waals surface area contributed by atoms with Crippen molar-refractivity contribution >= 4 is 44.6 Å². The normalized spacial score (nSPS) is 16.1. The number of hydrogen-bond acceptors (Lipinski definition) is 2. The molecular weight excluding hydrogens is 775 g/mol. The summed E-state index contributed by atoms with van der Waals surface area (Å²) in [5.74, 6) is 0. The zero-order valence-corrected chi connectivity index (χ0v) is 35.3. The van der Waals surface area contributed by atoms with Gasteiger partial charge in [-0.1, -0.05) is 189 Å². The maximum Gasteiger partial charge on any atom is 0.137 e. The minimum atomic E-state index is -0.397. The van der Waals surface area contributed by atoms with Gasteiger partial charge in [-0.05, 0) is 127 Å². The first-order valence-corrected chi connectivity index (χ1v) is 22.1. The van der Waals surface area contributed by atoms with Crippen molar-refractivity contribution in [3.05, 3.63) is 265 Å². The fraction of sp³-hybridized carbons (Fsp3) is 0.0323. The predicted molar refractivity (Wildman–Crippen MR) is 268 cm³/mol. The Kier molecular flexibility index (Phi) is 8.98. The summed E-state index contributed by atoms with van der Waals surface area (Å²) in [6, 6.07) is 77.1. The number of furan rings is 1. The van der Waals surface area contributed by atoms with Crippen LogP contribution in [0.5, 0.6) is 0 Å². The van der Waals surface area contributed by atoms with Gasteiger partial charge in [-0.2, -0.15) is 0 Å². The standard InChI is InChI=1S/C62H43NO/c1-42-16-4-3-15-39-62(57-24-12-9-21-52(57)51-20-8-7-19-50(42)51)58-25-13-10-22-53(58)56-40-46(31-38-59(56)62)45-29-34-48(35-30-45)63(47-32-27-44(28-33-47)43-17-5-2-6-18-43)49-36-37-55-54-23-11-14-26-60(54)64-61(55)41-49/h2-38,40-41H,1,39H2/b15-3-,16-4-. The lowest BCUT2D eigenvalue weighted by molar-refractivity contribution is 0.647. The lowest BCUT2D eigenvalue weighted by Gasteiger charge is -2.34. The first kappa shape index (κ1) is 37.6. The van der Waals surface area contributed by atoms with Gasteiger partial charge < -0.3 is 9.32 Å². The Morgan fingerprint density at radius 1 is 0.391 bits per heavy atom. The van der Waals surface area contributed by atoms with Crippen LogP contribution >= 0.6 is 0 Å². The summed E-state index contributed by atoms with van der Waals surface area (Å²) in [7, 11) is 0. The van der Waals surface area contributed by atoms with Crippen molar-refractivity contribution in [1.82, 2.24) is 0 Å². The summed E-state index contributed by atoms with van der Waals surface area (Å²) in [5.41, 5.74) is 20.4. The second-order valence-corrected chi connectivity index (χ2v) is 16.9. The summed E-state index contributed by atoms with van der Waals surface area (Å²) in [5, 5.41) is 2.24. The lowest BCUT2D eigenvalue weighted by atomic mass is 9.67. The van der Waals surface area contributed by atoms with Gasteiger partial charge in [-0.15, -0.1) is 0 Å². The monoisotopic (exact) mass is 817 g/mol. The van der Waals surface area contributed by atoms with Crippen molar-refractivity contribution in [3.63, 3.8) is 0 Å². The molecule has 2 nitrogen and oxygen atoms in total. The maximum absolute atomic E-state index is 6.40. The van der Waals surface area contributed by atoms with Gasteiger partial charge in [0.15, 0.2) is 0 Å². The summed E-state index contributed by atoms with van der Waals surface area (Å²) < 4.78 is 6.40. The van der Waals surface area contributed by atoms with Crippen molar-refractivity contribution in [1.29, 1.82) is 0 Å². The van der Waals surface area contributed by atoms with E-state index in [0.29, 0.717) is 0 Å². The SMILES string of the molecule is C=C1/C=C\C=C/CC2(c3ccccc3-c3ccccc31)c1ccccc1-c1cc(-c3ccc(N(c4ccc(-c5ccccc5)cc4)c4ccc5c(c4)oc4ccccc45)cc3)ccc12. The van der Waals surface area contributed by atoms with Gasteiger partial charge in [0.25, 0.3) is 0 Å².